The molecule has 0 spiro atoms. The maximum Gasteiger partial charge on any atom is 0.251 e. The third-order valence-corrected chi connectivity index (χ3v) is 2.14. The highest BCUT2D eigenvalue weighted by atomic mass is 16.1. The highest BCUT2D eigenvalue weighted by molar-refractivity contribution is 5.95. The number of anilines is 1. The Hall–Kier alpha value is -1.51. The van der Waals surface area contributed by atoms with Gasteiger partial charge in [0.15, 0.2) is 0 Å². The lowest BCUT2D eigenvalue weighted by atomic mass is 10.1. The Morgan fingerprint density at radius 3 is 2.86 bits per heavy atom. The summed E-state index contributed by atoms with van der Waals surface area (Å²) in [5.41, 5.74) is 6.81. The van der Waals surface area contributed by atoms with E-state index in [-0.39, 0.29) is 11.9 Å². The van der Waals surface area contributed by atoms with E-state index in [1.54, 1.807) is 24.3 Å². The molecule has 0 aromatic heterocycles. The standard InChI is InChI=1S/C11H16N2O/c1-3-8(2)13-11(14)9-5-4-6-10(12)7-9/h4-8H,3,12H2,1-2H3,(H,13,14). The van der Waals surface area contributed by atoms with Gasteiger partial charge in [0.05, 0.1) is 0 Å². The average molecular weight is 192 g/mol. The molecule has 1 atom stereocenters. The smallest absolute Gasteiger partial charge is 0.251 e. The summed E-state index contributed by atoms with van der Waals surface area (Å²) in [5.74, 6) is -0.0633. The van der Waals surface area contributed by atoms with Crippen molar-refractivity contribution in [2.45, 2.75) is 26.3 Å². The molecule has 14 heavy (non-hydrogen) atoms. The molecule has 0 radical (unpaired) electrons. The first-order valence-corrected chi connectivity index (χ1v) is 4.80. The highest BCUT2D eigenvalue weighted by Gasteiger charge is 2.07. The van der Waals surface area contributed by atoms with Gasteiger partial charge in [-0.1, -0.05) is 13.0 Å². The summed E-state index contributed by atoms with van der Waals surface area (Å²) in [7, 11) is 0. The topological polar surface area (TPSA) is 55.1 Å². The Labute approximate surface area is 84.3 Å². The van der Waals surface area contributed by atoms with Crippen molar-refractivity contribution in [2.24, 2.45) is 0 Å². The van der Waals surface area contributed by atoms with Gasteiger partial charge >= 0.3 is 0 Å². The fourth-order valence-corrected chi connectivity index (χ4v) is 1.09. The van der Waals surface area contributed by atoms with Crippen molar-refractivity contribution < 1.29 is 4.79 Å². The Morgan fingerprint density at radius 2 is 2.29 bits per heavy atom. The van der Waals surface area contributed by atoms with Gasteiger partial charge in [0.2, 0.25) is 0 Å². The molecule has 3 heteroatoms. The normalized spacial score (nSPS) is 12.1. The van der Waals surface area contributed by atoms with E-state index >= 15 is 0 Å². The van der Waals surface area contributed by atoms with Crippen LogP contribution in [0, 0.1) is 0 Å². The first kappa shape index (κ1) is 10.6. The molecule has 0 fully saturated rings. The molecule has 3 N–H and O–H groups in total. The largest absolute Gasteiger partial charge is 0.399 e. The second-order valence-electron chi connectivity index (χ2n) is 3.41. The quantitative estimate of drug-likeness (QED) is 0.717. The summed E-state index contributed by atoms with van der Waals surface area (Å²) >= 11 is 0. The predicted octanol–water partition coefficient (Wildman–Crippen LogP) is 1.80. The van der Waals surface area contributed by atoms with E-state index in [1.165, 1.54) is 0 Å². The van der Waals surface area contributed by atoms with E-state index in [4.69, 9.17) is 5.73 Å². The Morgan fingerprint density at radius 1 is 1.57 bits per heavy atom. The second kappa shape index (κ2) is 4.65. The third-order valence-electron chi connectivity index (χ3n) is 2.14. The fourth-order valence-electron chi connectivity index (χ4n) is 1.09. The van der Waals surface area contributed by atoms with E-state index in [1.807, 2.05) is 13.8 Å². The summed E-state index contributed by atoms with van der Waals surface area (Å²) in [4.78, 5) is 11.6. The van der Waals surface area contributed by atoms with Crippen molar-refractivity contribution in [1.29, 1.82) is 0 Å². The lowest BCUT2D eigenvalue weighted by Gasteiger charge is -2.11. The van der Waals surface area contributed by atoms with Crippen LogP contribution in [0.3, 0.4) is 0 Å². The predicted molar refractivity (Wildman–Crippen MR) is 58.1 cm³/mol. The van der Waals surface area contributed by atoms with Crippen LogP contribution >= 0.6 is 0 Å². The zero-order valence-corrected chi connectivity index (χ0v) is 8.58. The van der Waals surface area contributed by atoms with E-state index in [2.05, 4.69) is 5.32 Å². The molecule has 1 amide bonds. The Balaban J connectivity index is 2.70. The molecule has 76 valence electrons. The summed E-state index contributed by atoms with van der Waals surface area (Å²) in [6.07, 6.45) is 0.925. The monoisotopic (exact) mass is 192 g/mol. The van der Waals surface area contributed by atoms with Crippen molar-refractivity contribution in [3.63, 3.8) is 0 Å². The maximum atomic E-state index is 11.6. The van der Waals surface area contributed by atoms with Gasteiger partial charge in [-0.2, -0.15) is 0 Å². The molecule has 0 bridgehead atoms. The molecule has 0 saturated carbocycles. The first-order chi connectivity index (χ1) is 6.63. The van der Waals surface area contributed by atoms with Gasteiger partial charge in [-0.05, 0) is 31.5 Å². The number of nitrogen functional groups attached to an aromatic ring is 1. The molecule has 1 aromatic carbocycles. The van der Waals surface area contributed by atoms with Crippen LogP contribution in [-0.4, -0.2) is 11.9 Å². The summed E-state index contributed by atoms with van der Waals surface area (Å²) in [6, 6.07) is 7.18. The fraction of sp³-hybridized carbons (Fsp3) is 0.364. The van der Waals surface area contributed by atoms with E-state index in [0.717, 1.165) is 6.42 Å². The molecular formula is C11H16N2O. The van der Waals surface area contributed by atoms with Crippen molar-refractivity contribution in [3.8, 4) is 0 Å². The van der Waals surface area contributed by atoms with Crippen LogP contribution in [0.25, 0.3) is 0 Å². The van der Waals surface area contributed by atoms with Crippen LogP contribution in [0.1, 0.15) is 30.6 Å². The van der Waals surface area contributed by atoms with Crippen molar-refractivity contribution in [1.82, 2.24) is 5.32 Å². The van der Waals surface area contributed by atoms with E-state index < -0.39 is 0 Å². The molecule has 3 nitrogen and oxygen atoms in total. The molecule has 0 saturated heterocycles. The van der Waals surface area contributed by atoms with E-state index in [9.17, 15) is 4.79 Å². The van der Waals surface area contributed by atoms with Crippen molar-refractivity contribution in [2.75, 3.05) is 5.73 Å². The number of carbonyl (C=O) groups is 1. The number of carbonyl (C=O) groups excluding carboxylic acids is 1. The number of benzene rings is 1. The van der Waals surface area contributed by atoms with E-state index in [0.29, 0.717) is 11.3 Å². The molecule has 1 rings (SSSR count). The number of nitrogens with one attached hydrogen (secondary N) is 1. The van der Waals surface area contributed by atoms with Gasteiger partial charge in [0.1, 0.15) is 0 Å². The molecule has 0 aliphatic heterocycles. The minimum atomic E-state index is -0.0633. The zero-order chi connectivity index (χ0) is 10.6. The molecule has 1 aromatic rings. The van der Waals surface area contributed by atoms with Crippen LogP contribution in [0.15, 0.2) is 24.3 Å². The van der Waals surface area contributed by atoms with Crippen LogP contribution < -0.4 is 11.1 Å². The van der Waals surface area contributed by atoms with Crippen LogP contribution in [0.2, 0.25) is 0 Å². The number of hydrogen-bond donors (Lipinski definition) is 2. The Bertz CT molecular complexity index is 323. The van der Waals surface area contributed by atoms with Crippen LogP contribution in [0.4, 0.5) is 5.69 Å². The zero-order valence-electron chi connectivity index (χ0n) is 8.58. The van der Waals surface area contributed by atoms with Crippen molar-refractivity contribution >= 4 is 11.6 Å². The minimum Gasteiger partial charge on any atom is -0.399 e. The van der Waals surface area contributed by atoms with Crippen LogP contribution in [-0.2, 0) is 0 Å². The van der Waals surface area contributed by atoms with Gasteiger partial charge in [0.25, 0.3) is 5.91 Å². The van der Waals surface area contributed by atoms with Crippen molar-refractivity contribution in [3.05, 3.63) is 29.8 Å². The van der Waals surface area contributed by atoms with Gasteiger partial charge in [0, 0.05) is 17.3 Å². The second-order valence-corrected chi connectivity index (χ2v) is 3.41. The SMILES string of the molecule is CCC(C)NC(=O)c1cccc(N)c1. The third kappa shape index (κ3) is 2.76. The molecule has 0 aliphatic carbocycles. The molecule has 1 unspecified atom stereocenters. The van der Waals surface area contributed by atoms with Gasteiger partial charge < -0.3 is 11.1 Å². The van der Waals surface area contributed by atoms with Crippen LogP contribution in [0.5, 0.6) is 0 Å². The number of hydrogen-bond acceptors (Lipinski definition) is 2. The first-order valence-electron chi connectivity index (χ1n) is 4.80. The highest BCUT2D eigenvalue weighted by Crippen LogP contribution is 2.06. The molecular weight excluding hydrogens is 176 g/mol. The minimum absolute atomic E-state index is 0.0633. The lowest BCUT2D eigenvalue weighted by Crippen LogP contribution is -2.31. The number of nitrogens with two attached hydrogens (primary N) is 1. The Kier molecular flexibility index (Phi) is 3.51. The van der Waals surface area contributed by atoms with Gasteiger partial charge in [-0.15, -0.1) is 0 Å². The summed E-state index contributed by atoms with van der Waals surface area (Å²) < 4.78 is 0. The molecule has 0 aliphatic rings. The van der Waals surface area contributed by atoms with Gasteiger partial charge in [-0.25, -0.2) is 0 Å². The summed E-state index contributed by atoms with van der Waals surface area (Å²) in [5, 5.41) is 2.88. The lowest BCUT2D eigenvalue weighted by molar-refractivity contribution is 0.0939. The number of amides is 1. The average Bonchev–Trinajstić information content (AvgIpc) is 2.17. The number of rotatable bonds is 3. The van der Waals surface area contributed by atoms with Gasteiger partial charge in [-0.3, -0.25) is 4.79 Å². The summed E-state index contributed by atoms with van der Waals surface area (Å²) in [6.45, 7) is 4.01. The molecule has 0 heterocycles. The maximum absolute atomic E-state index is 11.6.